The van der Waals surface area contributed by atoms with E-state index < -0.39 is 5.82 Å². The SMILES string of the molecule is CC(Nc1cnc(Cl)c(Br)c1)c1ccc(Cl)c(F)c1. The van der Waals surface area contributed by atoms with Crippen LogP contribution in [0.15, 0.2) is 34.9 Å². The monoisotopic (exact) mass is 362 g/mol. The van der Waals surface area contributed by atoms with Crippen LogP contribution in [0, 0.1) is 5.82 Å². The Balaban J connectivity index is 2.17. The molecule has 2 rings (SSSR count). The van der Waals surface area contributed by atoms with Gasteiger partial charge in [-0.15, -0.1) is 0 Å². The Kier molecular flexibility index (Phi) is 4.66. The molecule has 0 bridgehead atoms. The van der Waals surface area contributed by atoms with Crippen molar-refractivity contribution in [2.45, 2.75) is 13.0 Å². The van der Waals surface area contributed by atoms with Crippen molar-refractivity contribution in [1.82, 2.24) is 4.98 Å². The Morgan fingerprint density at radius 1 is 1.32 bits per heavy atom. The summed E-state index contributed by atoms with van der Waals surface area (Å²) in [4.78, 5) is 4.02. The first kappa shape index (κ1) is 14.6. The van der Waals surface area contributed by atoms with Crippen molar-refractivity contribution in [3.63, 3.8) is 0 Å². The normalized spacial score (nSPS) is 12.3. The minimum atomic E-state index is -0.428. The number of nitrogens with zero attached hydrogens (tertiary/aromatic N) is 1. The lowest BCUT2D eigenvalue weighted by molar-refractivity contribution is 0.624. The van der Waals surface area contributed by atoms with Crippen molar-refractivity contribution in [1.29, 1.82) is 0 Å². The van der Waals surface area contributed by atoms with E-state index in [4.69, 9.17) is 23.2 Å². The van der Waals surface area contributed by atoms with Gasteiger partial charge in [-0.2, -0.15) is 0 Å². The van der Waals surface area contributed by atoms with Gasteiger partial charge in [-0.3, -0.25) is 0 Å². The second-order valence-corrected chi connectivity index (χ2v) is 5.66. The molecule has 0 amide bonds. The van der Waals surface area contributed by atoms with Gasteiger partial charge in [0.05, 0.1) is 21.4 Å². The average molecular weight is 364 g/mol. The van der Waals surface area contributed by atoms with Crippen LogP contribution in [0.25, 0.3) is 0 Å². The topological polar surface area (TPSA) is 24.9 Å². The van der Waals surface area contributed by atoms with Crippen LogP contribution in [-0.2, 0) is 0 Å². The molecule has 1 atom stereocenters. The first-order chi connectivity index (χ1) is 8.97. The predicted octanol–water partition coefficient (Wildman–Crippen LogP) is 5.46. The summed E-state index contributed by atoms with van der Waals surface area (Å²) in [7, 11) is 0. The third-order valence-corrected chi connectivity index (χ3v) is 4.06. The van der Waals surface area contributed by atoms with Crippen LogP contribution in [0.3, 0.4) is 0 Å². The molecule has 2 aromatic rings. The Morgan fingerprint density at radius 2 is 2.05 bits per heavy atom. The molecule has 0 fully saturated rings. The Hall–Kier alpha value is -0.840. The molecule has 6 heteroatoms. The summed E-state index contributed by atoms with van der Waals surface area (Å²) in [5.41, 5.74) is 1.59. The lowest BCUT2D eigenvalue weighted by Gasteiger charge is -2.16. The van der Waals surface area contributed by atoms with Crippen molar-refractivity contribution in [3.05, 3.63) is 56.5 Å². The minimum Gasteiger partial charge on any atom is -0.377 e. The minimum absolute atomic E-state index is 0.0818. The van der Waals surface area contributed by atoms with Crippen molar-refractivity contribution in [2.75, 3.05) is 5.32 Å². The summed E-state index contributed by atoms with van der Waals surface area (Å²) in [6.45, 7) is 1.92. The summed E-state index contributed by atoms with van der Waals surface area (Å²) >= 11 is 14.8. The fourth-order valence-corrected chi connectivity index (χ4v) is 2.19. The highest BCUT2D eigenvalue weighted by atomic mass is 79.9. The molecule has 1 aromatic heterocycles. The van der Waals surface area contributed by atoms with Gasteiger partial charge in [0.2, 0.25) is 0 Å². The zero-order chi connectivity index (χ0) is 14.0. The van der Waals surface area contributed by atoms with Crippen molar-refractivity contribution in [3.8, 4) is 0 Å². The molecular formula is C13H10BrCl2FN2. The van der Waals surface area contributed by atoms with Crippen LogP contribution >= 0.6 is 39.1 Å². The standard InChI is InChI=1S/C13H10BrCl2FN2/c1-7(8-2-3-11(15)12(17)4-8)19-9-5-10(14)13(16)18-6-9/h2-7,19H,1H3. The summed E-state index contributed by atoms with van der Waals surface area (Å²) in [5, 5.41) is 3.73. The van der Waals surface area contributed by atoms with E-state index in [9.17, 15) is 4.39 Å². The zero-order valence-corrected chi connectivity index (χ0v) is 13.0. The fourth-order valence-electron chi connectivity index (χ4n) is 1.62. The van der Waals surface area contributed by atoms with E-state index in [1.54, 1.807) is 18.3 Å². The molecule has 0 spiro atoms. The largest absolute Gasteiger partial charge is 0.377 e. The Labute approximate surface area is 129 Å². The molecule has 0 aliphatic heterocycles. The van der Waals surface area contributed by atoms with E-state index in [1.165, 1.54) is 6.07 Å². The number of benzene rings is 1. The molecule has 1 heterocycles. The molecule has 100 valence electrons. The number of pyridine rings is 1. The maximum absolute atomic E-state index is 13.4. The van der Waals surface area contributed by atoms with E-state index in [1.807, 2.05) is 13.0 Å². The predicted molar refractivity (Wildman–Crippen MR) is 80.4 cm³/mol. The van der Waals surface area contributed by atoms with Crippen LogP contribution in [0.1, 0.15) is 18.5 Å². The molecule has 0 aliphatic carbocycles. The van der Waals surface area contributed by atoms with Crippen LogP contribution < -0.4 is 5.32 Å². The number of aromatic nitrogens is 1. The Morgan fingerprint density at radius 3 is 2.68 bits per heavy atom. The number of rotatable bonds is 3. The van der Waals surface area contributed by atoms with Gasteiger partial charge in [0, 0.05) is 6.04 Å². The third-order valence-electron chi connectivity index (χ3n) is 2.62. The summed E-state index contributed by atoms with van der Waals surface area (Å²) in [5.74, 6) is -0.428. The molecule has 2 nitrogen and oxygen atoms in total. The maximum Gasteiger partial charge on any atom is 0.143 e. The molecule has 1 unspecified atom stereocenters. The molecule has 1 aromatic carbocycles. The van der Waals surface area contributed by atoms with Crippen molar-refractivity contribution < 1.29 is 4.39 Å². The van der Waals surface area contributed by atoms with E-state index in [2.05, 4.69) is 26.2 Å². The van der Waals surface area contributed by atoms with E-state index in [0.29, 0.717) is 9.63 Å². The van der Waals surface area contributed by atoms with Crippen LogP contribution in [-0.4, -0.2) is 4.98 Å². The van der Waals surface area contributed by atoms with Gasteiger partial charge in [0.25, 0.3) is 0 Å². The number of halogens is 4. The number of hydrogen-bond donors (Lipinski definition) is 1. The Bertz CT molecular complexity index is 607. The van der Waals surface area contributed by atoms with Crippen LogP contribution in [0.4, 0.5) is 10.1 Å². The molecule has 1 N–H and O–H groups in total. The van der Waals surface area contributed by atoms with E-state index >= 15 is 0 Å². The summed E-state index contributed by atoms with van der Waals surface area (Å²) in [6.07, 6.45) is 1.62. The first-order valence-electron chi connectivity index (χ1n) is 5.50. The van der Waals surface area contributed by atoms with Crippen LogP contribution in [0.5, 0.6) is 0 Å². The highest BCUT2D eigenvalue weighted by Gasteiger charge is 2.09. The van der Waals surface area contributed by atoms with E-state index in [0.717, 1.165) is 11.3 Å². The molecule has 0 radical (unpaired) electrons. The van der Waals surface area contributed by atoms with E-state index in [-0.39, 0.29) is 11.1 Å². The second-order valence-electron chi connectivity index (χ2n) is 4.04. The molecule has 0 aliphatic rings. The fraction of sp³-hybridized carbons (Fsp3) is 0.154. The quantitative estimate of drug-likeness (QED) is 0.732. The van der Waals surface area contributed by atoms with Gasteiger partial charge in [-0.25, -0.2) is 9.37 Å². The van der Waals surface area contributed by atoms with Crippen LogP contribution in [0.2, 0.25) is 10.2 Å². The average Bonchev–Trinajstić information content (AvgIpc) is 2.37. The molecule has 0 saturated heterocycles. The highest BCUT2D eigenvalue weighted by Crippen LogP contribution is 2.26. The lowest BCUT2D eigenvalue weighted by atomic mass is 10.1. The first-order valence-corrected chi connectivity index (χ1v) is 7.05. The van der Waals surface area contributed by atoms with Crippen molar-refractivity contribution in [2.24, 2.45) is 0 Å². The van der Waals surface area contributed by atoms with Crippen molar-refractivity contribution >= 4 is 44.8 Å². The van der Waals surface area contributed by atoms with Gasteiger partial charge < -0.3 is 5.32 Å². The zero-order valence-electron chi connectivity index (χ0n) is 9.92. The smallest absolute Gasteiger partial charge is 0.143 e. The molecule has 0 saturated carbocycles. The molecular weight excluding hydrogens is 354 g/mol. The second kappa shape index (κ2) is 6.07. The number of nitrogens with one attached hydrogen (secondary N) is 1. The lowest BCUT2D eigenvalue weighted by Crippen LogP contribution is -2.07. The van der Waals surface area contributed by atoms with Gasteiger partial charge in [-0.05, 0) is 46.6 Å². The number of hydrogen-bond acceptors (Lipinski definition) is 2. The van der Waals surface area contributed by atoms with Gasteiger partial charge >= 0.3 is 0 Å². The number of anilines is 1. The highest BCUT2D eigenvalue weighted by molar-refractivity contribution is 9.10. The van der Waals surface area contributed by atoms with Gasteiger partial charge in [0.1, 0.15) is 11.0 Å². The summed E-state index contributed by atoms with van der Waals surface area (Å²) in [6, 6.07) is 6.47. The van der Waals surface area contributed by atoms with Gasteiger partial charge in [0.15, 0.2) is 0 Å². The summed E-state index contributed by atoms with van der Waals surface area (Å²) < 4.78 is 14.1. The van der Waals surface area contributed by atoms with Gasteiger partial charge in [-0.1, -0.05) is 29.3 Å². The molecule has 19 heavy (non-hydrogen) atoms. The third kappa shape index (κ3) is 3.59. The maximum atomic E-state index is 13.4.